The maximum Gasteiger partial charge on any atom is 0.353 e. The SMILES string of the molecule is CCSc1ccccc1OC(=O)c1ccc(NC(=O)C2CC2)s1. The van der Waals surface area contributed by atoms with Gasteiger partial charge in [0.25, 0.3) is 0 Å². The lowest BCUT2D eigenvalue weighted by atomic mass is 10.3. The molecule has 1 aliphatic rings. The third-order valence-corrected chi connectivity index (χ3v) is 5.27. The summed E-state index contributed by atoms with van der Waals surface area (Å²) >= 11 is 2.87. The zero-order valence-electron chi connectivity index (χ0n) is 12.7. The van der Waals surface area contributed by atoms with E-state index in [1.165, 1.54) is 11.3 Å². The van der Waals surface area contributed by atoms with E-state index in [0.29, 0.717) is 15.6 Å². The maximum atomic E-state index is 12.3. The summed E-state index contributed by atoms with van der Waals surface area (Å²) in [6, 6.07) is 10.9. The van der Waals surface area contributed by atoms with Crippen molar-refractivity contribution in [1.29, 1.82) is 0 Å². The molecule has 1 heterocycles. The zero-order valence-corrected chi connectivity index (χ0v) is 14.3. The number of nitrogens with one attached hydrogen (secondary N) is 1. The number of hydrogen-bond acceptors (Lipinski definition) is 5. The highest BCUT2D eigenvalue weighted by molar-refractivity contribution is 7.99. The fourth-order valence-corrected chi connectivity index (χ4v) is 3.57. The van der Waals surface area contributed by atoms with Crippen LogP contribution in [0, 0.1) is 5.92 Å². The molecule has 0 saturated heterocycles. The van der Waals surface area contributed by atoms with Gasteiger partial charge < -0.3 is 10.1 Å². The molecular weight excluding hydrogens is 330 g/mol. The first-order chi connectivity index (χ1) is 11.2. The Morgan fingerprint density at radius 2 is 2.04 bits per heavy atom. The second-order valence-electron chi connectivity index (χ2n) is 5.20. The number of ether oxygens (including phenoxy) is 1. The van der Waals surface area contributed by atoms with Gasteiger partial charge in [0.05, 0.1) is 9.90 Å². The van der Waals surface area contributed by atoms with Crippen molar-refractivity contribution in [3.8, 4) is 5.75 Å². The molecule has 1 aliphatic carbocycles. The molecule has 1 N–H and O–H groups in total. The summed E-state index contributed by atoms with van der Waals surface area (Å²) in [5, 5.41) is 3.53. The molecule has 0 unspecified atom stereocenters. The summed E-state index contributed by atoms with van der Waals surface area (Å²) in [6.07, 6.45) is 1.91. The summed E-state index contributed by atoms with van der Waals surface area (Å²) in [6.45, 7) is 2.05. The first-order valence-electron chi connectivity index (χ1n) is 7.52. The van der Waals surface area contributed by atoms with Gasteiger partial charge in [0.2, 0.25) is 5.91 Å². The smallest absolute Gasteiger partial charge is 0.353 e. The second kappa shape index (κ2) is 7.19. The summed E-state index contributed by atoms with van der Waals surface area (Å²) < 4.78 is 5.50. The van der Waals surface area contributed by atoms with Gasteiger partial charge in [-0.1, -0.05) is 19.1 Å². The minimum absolute atomic E-state index is 0.0384. The Labute approximate surface area is 143 Å². The molecule has 3 rings (SSSR count). The lowest BCUT2D eigenvalue weighted by Gasteiger charge is -2.07. The molecule has 0 atom stereocenters. The number of rotatable bonds is 6. The Morgan fingerprint density at radius 3 is 2.78 bits per heavy atom. The average molecular weight is 347 g/mol. The highest BCUT2D eigenvalue weighted by Gasteiger charge is 2.30. The topological polar surface area (TPSA) is 55.4 Å². The van der Waals surface area contributed by atoms with Crippen molar-refractivity contribution in [3.05, 3.63) is 41.3 Å². The van der Waals surface area contributed by atoms with Gasteiger partial charge >= 0.3 is 5.97 Å². The fourth-order valence-electron chi connectivity index (χ4n) is 2.04. The molecule has 1 saturated carbocycles. The number of thioether (sulfide) groups is 1. The Kier molecular flexibility index (Phi) is 5.03. The number of para-hydroxylation sites is 1. The molecule has 1 fully saturated rings. The van der Waals surface area contributed by atoms with Crippen molar-refractivity contribution < 1.29 is 14.3 Å². The highest BCUT2D eigenvalue weighted by atomic mass is 32.2. The van der Waals surface area contributed by atoms with Gasteiger partial charge in [0, 0.05) is 5.92 Å². The van der Waals surface area contributed by atoms with Gasteiger partial charge in [0.1, 0.15) is 10.6 Å². The number of carbonyl (C=O) groups excluding carboxylic acids is 2. The molecule has 120 valence electrons. The van der Waals surface area contributed by atoms with Crippen molar-refractivity contribution in [2.75, 3.05) is 11.1 Å². The van der Waals surface area contributed by atoms with Crippen LogP contribution < -0.4 is 10.1 Å². The van der Waals surface area contributed by atoms with Gasteiger partial charge in [-0.3, -0.25) is 4.79 Å². The predicted octanol–water partition coefficient (Wildman–Crippen LogP) is 4.43. The summed E-state index contributed by atoms with van der Waals surface area (Å²) in [5.74, 6) is 1.26. The van der Waals surface area contributed by atoms with Crippen molar-refractivity contribution in [2.24, 2.45) is 5.92 Å². The van der Waals surface area contributed by atoms with Crippen LogP contribution in [0.15, 0.2) is 41.3 Å². The first kappa shape index (κ1) is 16.1. The number of amides is 1. The van der Waals surface area contributed by atoms with Crippen LogP contribution in [-0.2, 0) is 4.79 Å². The third kappa shape index (κ3) is 4.14. The van der Waals surface area contributed by atoms with E-state index in [9.17, 15) is 9.59 Å². The quantitative estimate of drug-likeness (QED) is 0.477. The number of esters is 1. The van der Waals surface area contributed by atoms with E-state index in [1.807, 2.05) is 18.2 Å². The predicted molar refractivity (Wildman–Crippen MR) is 93.5 cm³/mol. The van der Waals surface area contributed by atoms with Crippen LogP contribution in [0.25, 0.3) is 0 Å². The number of thiophene rings is 1. The van der Waals surface area contributed by atoms with E-state index < -0.39 is 5.97 Å². The summed E-state index contributed by atoms with van der Waals surface area (Å²) in [7, 11) is 0. The monoisotopic (exact) mass is 347 g/mol. The molecule has 2 aromatic rings. The number of carbonyl (C=O) groups is 2. The van der Waals surface area contributed by atoms with Crippen molar-refractivity contribution in [2.45, 2.75) is 24.7 Å². The van der Waals surface area contributed by atoms with Crippen LogP contribution in [0.3, 0.4) is 0 Å². The van der Waals surface area contributed by atoms with E-state index in [2.05, 4.69) is 12.2 Å². The normalized spacial score (nSPS) is 13.6. The molecular formula is C17H17NO3S2. The number of benzene rings is 1. The van der Waals surface area contributed by atoms with E-state index in [1.54, 1.807) is 30.0 Å². The maximum absolute atomic E-state index is 12.3. The van der Waals surface area contributed by atoms with Crippen LogP contribution in [0.1, 0.15) is 29.4 Å². The Bertz CT molecular complexity index is 722. The van der Waals surface area contributed by atoms with Crippen molar-refractivity contribution in [3.63, 3.8) is 0 Å². The van der Waals surface area contributed by atoms with Crippen molar-refractivity contribution >= 4 is 40.0 Å². The molecule has 1 aromatic heterocycles. The summed E-state index contributed by atoms with van der Waals surface area (Å²) in [4.78, 5) is 25.4. The van der Waals surface area contributed by atoms with E-state index in [-0.39, 0.29) is 11.8 Å². The van der Waals surface area contributed by atoms with E-state index >= 15 is 0 Å². The van der Waals surface area contributed by atoms with Gasteiger partial charge in [-0.2, -0.15) is 0 Å². The zero-order chi connectivity index (χ0) is 16.2. The first-order valence-corrected chi connectivity index (χ1v) is 9.32. The lowest BCUT2D eigenvalue weighted by Crippen LogP contribution is -2.12. The fraction of sp³-hybridized carbons (Fsp3) is 0.294. The van der Waals surface area contributed by atoms with Crippen LogP contribution in [0.5, 0.6) is 5.75 Å². The third-order valence-electron chi connectivity index (χ3n) is 3.35. The number of anilines is 1. The molecule has 4 nitrogen and oxygen atoms in total. The van der Waals surface area contributed by atoms with Gasteiger partial charge in [0.15, 0.2) is 0 Å². The molecule has 6 heteroatoms. The van der Waals surface area contributed by atoms with Crippen LogP contribution in [0.2, 0.25) is 0 Å². The largest absolute Gasteiger partial charge is 0.421 e. The van der Waals surface area contributed by atoms with Gasteiger partial charge in [-0.15, -0.1) is 23.1 Å². The minimum Gasteiger partial charge on any atom is -0.421 e. The Hall–Kier alpha value is -1.79. The Morgan fingerprint density at radius 1 is 1.26 bits per heavy atom. The average Bonchev–Trinajstić information content (AvgIpc) is 3.29. The van der Waals surface area contributed by atoms with E-state index in [4.69, 9.17) is 4.74 Å². The molecule has 0 radical (unpaired) electrons. The molecule has 23 heavy (non-hydrogen) atoms. The molecule has 1 aromatic carbocycles. The lowest BCUT2D eigenvalue weighted by molar-refractivity contribution is -0.117. The standard InChI is InChI=1S/C17H17NO3S2/c1-2-22-13-6-4-3-5-12(13)21-17(20)14-9-10-15(23-14)18-16(19)11-7-8-11/h3-6,9-11H,2,7-8H2,1H3,(H,18,19). The molecule has 0 bridgehead atoms. The Balaban J connectivity index is 1.66. The number of hydrogen-bond donors (Lipinski definition) is 1. The molecule has 0 aliphatic heterocycles. The van der Waals surface area contributed by atoms with Gasteiger partial charge in [-0.05, 0) is 42.9 Å². The summed E-state index contributed by atoms with van der Waals surface area (Å²) in [5.41, 5.74) is 0. The highest BCUT2D eigenvalue weighted by Crippen LogP contribution is 2.33. The van der Waals surface area contributed by atoms with Crippen molar-refractivity contribution in [1.82, 2.24) is 0 Å². The van der Waals surface area contributed by atoms with Crippen LogP contribution in [0.4, 0.5) is 5.00 Å². The minimum atomic E-state index is -0.397. The second-order valence-corrected chi connectivity index (χ2v) is 7.59. The molecule has 1 amide bonds. The van der Waals surface area contributed by atoms with Gasteiger partial charge in [-0.25, -0.2) is 4.79 Å². The van der Waals surface area contributed by atoms with E-state index in [0.717, 1.165) is 23.5 Å². The molecule has 0 spiro atoms. The van der Waals surface area contributed by atoms with Crippen LogP contribution >= 0.6 is 23.1 Å². The van der Waals surface area contributed by atoms with Crippen LogP contribution in [-0.4, -0.2) is 17.6 Å².